The van der Waals surface area contributed by atoms with Crippen LogP contribution in [0.4, 0.5) is 0 Å². The van der Waals surface area contributed by atoms with E-state index in [2.05, 4.69) is 18.2 Å². The maximum atomic E-state index is 4.41. The summed E-state index contributed by atoms with van der Waals surface area (Å²) in [5, 5.41) is 0. The first-order chi connectivity index (χ1) is 17.9. The molecule has 3 fully saturated rings. The zero-order chi connectivity index (χ0) is 24.3. The van der Waals surface area contributed by atoms with Crippen molar-refractivity contribution in [3.63, 3.8) is 0 Å². The Morgan fingerprint density at radius 2 is 1.17 bits per heavy atom. The molecule has 0 heteroatoms. The Balaban J connectivity index is 1.62. The molecule has 3 saturated carbocycles. The molecule has 0 bridgehead atoms. The van der Waals surface area contributed by atoms with Gasteiger partial charge in [-0.1, -0.05) is 86.7 Å². The summed E-state index contributed by atoms with van der Waals surface area (Å²) in [7, 11) is 0. The van der Waals surface area contributed by atoms with Crippen LogP contribution in [0.1, 0.15) is 161 Å². The van der Waals surface area contributed by atoms with Gasteiger partial charge in [0.1, 0.15) is 0 Å². The van der Waals surface area contributed by atoms with E-state index >= 15 is 0 Å². The van der Waals surface area contributed by atoms with Crippen molar-refractivity contribution in [2.24, 2.45) is 28.6 Å². The van der Waals surface area contributed by atoms with Gasteiger partial charge in [-0.15, -0.1) is 0 Å². The van der Waals surface area contributed by atoms with Crippen LogP contribution in [-0.4, -0.2) is 0 Å². The molecule has 0 heterocycles. The van der Waals surface area contributed by atoms with Crippen LogP contribution < -0.4 is 0 Å². The van der Waals surface area contributed by atoms with E-state index in [1.807, 2.05) is 16.7 Å². The van der Waals surface area contributed by atoms with E-state index < -0.39 is 0 Å². The van der Waals surface area contributed by atoms with Gasteiger partial charge in [0.2, 0.25) is 0 Å². The second kappa shape index (κ2) is 11.5. The van der Waals surface area contributed by atoms with Gasteiger partial charge in [0.15, 0.2) is 0 Å². The van der Waals surface area contributed by atoms with Crippen LogP contribution in [0.5, 0.6) is 0 Å². The number of hydrogen-bond acceptors (Lipinski definition) is 0. The Hall–Kier alpha value is -0.780. The van der Waals surface area contributed by atoms with Crippen LogP contribution in [-0.2, 0) is 0 Å². The lowest BCUT2D eigenvalue weighted by Gasteiger charge is -2.63. The van der Waals surface area contributed by atoms with E-state index in [0.717, 1.165) is 17.8 Å². The molecule has 0 aromatic carbocycles. The van der Waals surface area contributed by atoms with E-state index in [1.165, 1.54) is 161 Å². The Kier molecular flexibility index (Phi) is 8.17. The molecule has 0 amide bonds. The topological polar surface area (TPSA) is 0 Å². The molecular weight excluding hydrogens is 432 g/mol. The minimum Gasteiger partial charge on any atom is -0.0847 e. The first-order valence-electron chi connectivity index (χ1n) is 16.9. The summed E-state index contributed by atoms with van der Waals surface area (Å²) in [6.07, 6.45) is 46.3. The van der Waals surface area contributed by atoms with Gasteiger partial charge in [0.25, 0.3) is 0 Å². The average molecular weight is 488 g/mol. The quantitative estimate of drug-likeness (QED) is 0.267. The monoisotopic (exact) mass is 487 g/mol. The van der Waals surface area contributed by atoms with Gasteiger partial charge in [-0.2, -0.15) is 0 Å². The molecule has 6 aliphatic rings. The summed E-state index contributed by atoms with van der Waals surface area (Å²) >= 11 is 0. The van der Waals surface area contributed by atoms with Crippen molar-refractivity contribution in [3.05, 3.63) is 34.9 Å². The van der Waals surface area contributed by atoms with Crippen LogP contribution in [0.15, 0.2) is 28.9 Å². The summed E-state index contributed by atoms with van der Waals surface area (Å²) < 4.78 is 0. The highest BCUT2D eigenvalue weighted by molar-refractivity contribution is 5.44. The third kappa shape index (κ3) is 4.33. The van der Waals surface area contributed by atoms with Crippen molar-refractivity contribution < 1.29 is 0 Å². The Morgan fingerprint density at radius 1 is 0.556 bits per heavy atom. The van der Waals surface area contributed by atoms with Gasteiger partial charge in [-0.25, -0.2) is 0 Å². The standard InChI is InChI=1S/C36H55/c1-2-6-18-29(17-5-1)34-27-15-16-28-35(30-19-7-3-8-20-30,31-21-9-4-10-22-31)36(34,32-23-11-12-24-32)33-25-13-14-26-33/h19,23,29,31,33H,1-18,20-22,24-26,28H2. The number of allylic oxidation sites excluding steroid dienone is 6. The molecule has 0 saturated heterocycles. The minimum atomic E-state index is 0.316. The number of rotatable bonds is 5. The van der Waals surface area contributed by atoms with Crippen LogP contribution in [0.3, 0.4) is 0 Å². The highest BCUT2D eigenvalue weighted by atomic mass is 14.7. The molecule has 0 N–H and O–H groups in total. The van der Waals surface area contributed by atoms with Crippen molar-refractivity contribution in [1.82, 2.24) is 0 Å². The predicted molar refractivity (Wildman–Crippen MR) is 154 cm³/mol. The Morgan fingerprint density at radius 3 is 1.86 bits per heavy atom. The van der Waals surface area contributed by atoms with E-state index in [1.54, 1.807) is 0 Å². The summed E-state index contributed by atoms with van der Waals surface area (Å²) in [5.74, 6) is 2.62. The first kappa shape index (κ1) is 25.5. The van der Waals surface area contributed by atoms with Crippen molar-refractivity contribution >= 4 is 0 Å². The SMILES string of the molecule is [C]1=C(C2CCCCCC2)C(C2=CCCC2)(C2CCCC2)C(C2=CCCCC2)(C2CCCCC2)CCC1. The summed E-state index contributed by atoms with van der Waals surface area (Å²) in [5.41, 5.74) is 6.59. The molecule has 2 unspecified atom stereocenters. The van der Waals surface area contributed by atoms with Crippen molar-refractivity contribution in [2.45, 2.75) is 161 Å². The van der Waals surface area contributed by atoms with Crippen LogP contribution in [0.25, 0.3) is 0 Å². The van der Waals surface area contributed by atoms with E-state index in [4.69, 9.17) is 0 Å². The van der Waals surface area contributed by atoms with E-state index in [9.17, 15) is 0 Å². The van der Waals surface area contributed by atoms with Gasteiger partial charge in [-0.05, 0) is 127 Å². The molecule has 2 atom stereocenters. The normalized spacial score (nSPS) is 36.2. The maximum absolute atomic E-state index is 4.41. The van der Waals surface area contributed by atoms with Crippen LogP contribution >= 0.6 is 0 Å². The lowest BCUT2D eigenvalue weighted by atomic mass is 9.40. The minimum absolute atomic E-state index is 0.316. The molecule has 6 aliphatic carbocycles. The Bertz CT molecular complexity index is 820. The van der Waals surface area contributed by atoms with Crippen molar-refractivity contribution in [2.75, 3.05) is 0 Å². The van der Waals surface area contributed by atoms with Gasteiger partial charge < -0.3 is 0 Å². The fourth-order valence-corrected chi connectivity index (χ4v) is 10.9. The van der Waals surface area contributed by atoms with Gasteiger partial charge >= 0.3 is 0 Å². The number of hydrogen-bond donors (Lipinski definition) is 0. The molecule has 0 aromatic rings. The molecular formula is C36H55. The van der Waals surface area contributed by atoms with E-state index in [0.29, 0.717) is 10.8 Å². The second-order valence-electron chi connectivity index (χ2n) is 13.8. The van der Waals surface area contributed by atoms with Gasteiger partial charge in [0.05, 0.1) is 0 Å². The summed E-state index contributed by atoms with van der Waals surface area (Å²) in [4.78, 5) is 0. The third-order valence-electron chi connectivity index (χ3n) is 12.1. The smallest absolute Gasteiger partial charge is 0.0253 e. The maximum Gasteiger partial charge on any atom is 0.0253 e. The lowest BCUT2D eigenvalue weighted by Crippen LogP contribution is -2.55. The van der Waals surface area contributed by atoms with Crippen LogP contribution in [0.2, 0.25) is 0 Å². The lowest BCUT2D eigenvalue weighted by molar-refractivity contribution is -0.0148. The van der Waals surface area contributed by atoms with Crippen LogP contribution in [0, 0.1) is 34.7 Å². The molecule has 36 heavy (non-hydrogen) atoms. The summed E-state index contributed by atoms with van der Waals surface area (Å²) in [6, 6.07) is 0. The van der Waals surface area contributed by atoms with Crippen molar-refractivity contribution in [1.29, 1.82) is 0 Å². The molecule has 0 aromatic heterocycles. The third-order valence-corrected chi connectivity index (χ3v) is 12.1. The van der Waals surface area contributed by atoms with E-state index in [-0.39, 0.29) is 0 Å². The molecule has 0 aliphatic heterocycles. The first-order valence-corrected chi connectivity index (χ1v) is 16.9. The van der Waals surface area contributed by atoms with Gasteiger partial charge in [-0.3, -0.25) is 0 Å². The molecule has 6 rings (SSSR count). The molecule has 0 spiro atoms. The zero-order valence-corrected chi connectivity index (χ0v) is 23.6. The predicted octanol–water partition coefficient (Wildman–Crippen LogP) is 11.2. The molecule has 1 radical (unpaired) electrons. The second-order valence-corrected chi connectivity index (χ2v) is 13.8. The zero-order valence-electron chi connectivity index (χ0n) is 23.6. The van der Waals surface area contributed by atoms with Gasteiger partial charge in [0, 0.05) is 10.8 Å². The highest BCUT2D eigenvalue weighted by Crippen LogP contribution is 2.72. The fourth-order valence-electron chi connectivity index (χ4n) is 10.9. The molecule has 199 valence electrons. The Labute approximate surface area is 223 Å². The summed E-state index contributed by atoms with van der Waals surface area (Å²) in [6.45, 7) is 0. The molecule has 0 nitrogen and oxygen atoms in total. The highest BCUT2D eigenvalue weighted by Gasteiger charge is 2.64. The largest absolute Gasteiger partial charge is 0.0847 e. The average Bonchev–Trinajstić information content (AvgIpc) is 3.58. The van der Waals surface area contributed by atoms with Crippen molar-refractivity contribution in [3.8, 4) is 0 Å². The fraction of sp³-hybridized carbons (Fsp3) is 0.833.